The lowest BCUT2D eigenvalue weighted by molar-refractivity contribution is 0.529. The van der Waals surface area contributed by atoms with Gasteiger partial charge < -0.3 is 0 Å². The molecule has 0 radical (unpaired) electrons. The number of hydrogen-bond acceptors (Lipinski definition) is 5. The van der Waals surface area contributed by atoms with Crippen LogP contribution in [0, 0.1) is 11.3 Å². The van der Waals surface area contributed by atoms with Crippen LogP contribution >= 0.6 is 11.6 Å². The molecule has 2 heterocycles. The number of aryl methyl sites for hydroxylation is 1. The number of benzene rings is 1. The molecule has 1 aliphatic rings. The number of nitriles is 1. The molecule has 0 saturated heterocycles. The second-order valence-electron chi connectivity index (χ2n) is 4.47. The first-order valence-corrected chi connectivity index (χ1v) is 7.96. The highest BCUT2D eigenvalue weighted by Crippen LogP contribution is 2.27. The summed E-state index contributed by atoms with van der Waals surface area (Å²) in [5.41, 5.74) is 0.234. The predicted octanol–water partition coefficient (Wildman–Crippen LogP) is 1.40. The van der Waals surface area contributed by atoms with E-state index in [-0.39, 0.29) is 15.5 Å². The molecule has 0 atom stereocenters. The Balaban J connectivity index is 2.07. The summed E-state index contributed by atoms with van der Waals surface area (Å²) in [6.45, 7) is 0.966. The number of anilines is 1. The number of halogens is 1. The van der Waals surface area contributed by atoms with Gasteiger partial charge in [0.15, 0.2) is 0 Å². The van der Waals surface area contributed by atoms with Crippen LogP contribution in [0.2, 0.25) is 5.02 Å². The zero-order valence-electron chi connectivity index (χ0n) is 10.8. The topological polar surface area (TPSA) is 91.9 Å². The highest BCUT2D eigenvalue weighted by molar-refractivity contribution is 7.92. The van der Waals surface area contributed by atoms with Gasteiger partial charge in [0.1, 0.15) is 12.4 Å². The van der Waals surface area contributed by atoms with E-state index in [1.807, 2.05) is 6.07 Å². The summed E-state index contributed by atoms with van der Waals surface area (Å²) in [5, 5.41) is 12.9. The van der Waals surface area contributed by atoms with Crippen LogP contribution in [0.4, 0.5) is 5.95 Å². The van der Waals surface area contributed by atoms with E-state index in [1.54, 1.807) is 4.68 Å². The van der Waals surface area contributed by atoms with Gasteiger partial charge >= 0.3 is 0 Å². The zero-order chi connectivity index (χ0) is 15.0. The Morgan fingerprint density at radius 1 is 1.33 bits per heavy atom. The number of nitrogens with zero attached hydrogens (tertiary/aromatic N) is 5. The van der Waals surface area contributed by atoms with Gasteiger partial charge in [0.25, 0.3) is 10.0 Å². The van der Waals surface area contributed by atoms with Crippen LogP contribution in [-0.2, 0) is 16.6 Å². The minimum absolute atomic E-state index is 0.0305. The van der Waals surface area contributed by atoms with Gasteiger partial charge in [-0.1, -0.05) is 11.6 Å². The average Bonchev–Trinajstić information content (AvgIpc) is 2.95. The van der Waals surface area contributed by atoms with Crippen LogP contribution in [0.25, 0.3) is 0 Å². The maximum absolute atomic E-state index is 12.7. The van der Waals surface area contributed by atoms with Crippen molar-refractivity contribution in [2.75, 3.05) is 10.8 Å². The van der Waals surface area contributed by atoms with Crippen molar-refractivity contribution in [2.24, 2.45) is 0 Å². The fraction of sp³-hybridized carbons (Fsp3) is 0.250. The zero-order valence-corrected chi connectivity index (χ0v) is 12.3. The molecule has 0 aliphatic carbocycles. The lowest BCUT2D eigenvalue weighted by Crippen LogP contribution is -2.38. The van der Waals surface area contributed by atoms with Crippen molar-refractivity contribution >= 4 is 27.6 Å². The molecular formula is C12H10ClN5O2S. The lowest BCUT2D eigenvalue weighted by atomic mass is 10.2. The Morgan fingerprint density at radius 3 is 2.86 bits per heavy atom. The highest BCUT2D eigenvalue weighted by atomic mass is 35.5. The van der Waals surface area contributed by atoms with Crippen LogP contribution < -0.4 is 4.31 Å². The van der Waals surface area contributed by atoms with E-state index in [0.717, 1.165) is 0 Å². The van der Waals surface area contributed by atoms with Crippen LogP contribution in [0.15, 0.2) is 29.4 Å². The van der Waals surface area contributed by atoms with Gasteiger partial charge in [-0.3, -0.25) is 0 Å². The molecule has 0 saturated carbocycles. The van der Waals surface area contributed by atoms with Crippen LogP contribution in [0.3, 0.4) is 0 Å². The summed E-state index contributed by atoms with van der Waals surface area (Å²) in [5.74, 6) is 0.293. The van der Waals surface area contributed by atoms with Crippen molar-refractivity contribution in [1.29, 1.82) is 5.26 Å². The van der Waals surface area contributed by atoms with E-state index in [2.05, 4.69) is 10.1 Å². The largest absolute Gasteiger partial charge is 0.266 e. The van der Waals surface area contributed by atoms with E-state index in [4.69, 9.17) is 16.9 Å². The predicted molar refractivity (Wildman–Crippen MR) is 75.3 cm³/mol. The molecule has 1 aliphatic heterocycles. The molecule has 1 aromatic carbocycles. The minimum Gasteiger partial charge on any atom is -0.234 e. The number of fused-ring (bicyclic) bond motifs is 1. The van der Waals surface area contributed by atoms with E-state index < -0.39 is 10.0 Å². The van der Waals surface area contributed by atoms with Gasteiger partial charge in [0.2, 0.25) is 5.95 Å². The fourth-order valence-electron chi connectivity index (χ4n) is 2.17. The number of sulfonamides is 1. The SMILES string of the molecule is N#Cc1ccc(S(=O)(=O)N2CCCn3ncnc32)cc1Cl. The third-order valence-electron chi connectivity index (χ3n) is 3.20. The molecule has 108 valence electrons. The molecule has 21 heavy (non-hydrogen) atoms. The standard InChI is InChI=1S/C12H10ClN5O2S/c13-11-6-10(3-2-9(11)7-14)21(19,20)18-5-1-4-17-12(18)15-8-16-17/h2-3,6,8H,1,4-5H2. The normalized spacial score (nSPS) is 14.6. The van der Waals surface area contributed by atoms with Gasteiger partial charge in [-0.05, 0) is 24.6 Å². The van der Waals surface area contributed by atoms with Crippen molar-refractivity contribution in [3.63, 3.8) is 0 Å². The summed E-state index contributed by atoms with van der Waals surface area (Å²) in [6.07, 6.45) is 1.98. The Morgan fingerprint density at radius 2 is 2.14 bits per heavy atom. The minimum atomic E-state index is -3.78. The van der Waals surface area contributed by atoms with Crippen LogP contribution in [0.1, 0.15) is 12.0 Å². The van der Waals surface area contributed by atoms with Crippen molar-refractivity contribution in [3.8, 4) is 6.07 Å². The summed E-state index contributed by atoms with van der Waals surface area (Å²) in [6, 6.07) is 5.94. The third kappa shape index (κ3) is 2.24. The average molecular weight is 324 g/mol. The van der Waals surface area contributed by atoms with Gasteiger partial charge in [-0.2, -0.15) is 15.3 Å². The van der Waals surface area contributed by atoms with Crippen molar-refractivity contribution in [2.45, 2.75) is 17.9 Å². The number of hydrogen-bond donors (Lipinski definition) is 0. The molecule has 0 N–H and O–H groups in total. The smallest absolute Gasteiger partial charge is 0.234 e. The van der Waals surface area contributed by atoms with E-state index in [9.17, 15) is 8.42 Å². The maximum atomic E-state index is 12.7. The molecule has 3 rings (SSSR count). The van der Waals surface area contributed by atoms with Gasteiger partial charge in [-0.25, -0.2) is 17.4 Å². The number of aromatic nitrogens is 3. The van der Waals surface area contributed by atoms with Gasteiger partial charge in [0.05, 0.1) is 15.5 Å². The molecule has 0 spiro atoms. The third-order valence-corrected chi connectivity index (χ3v) is 5.29. The monoisotopic (exact) mass is 323 g/mol. The van der Waals surface area contributed by atoms with E-state index >= 15 is 0 Å². The summed E-state index contributed by atoms with van der Waals surface area (Å²) >= 11 is 5.91. The van der Waals surface area contributed by atoms with Gasteiger partial charge in [0, 0.05) is 13.1 Å². The Labute approximate surface area is 126 Å². The number of rotatable bonds is 2. The molecule has 0 amide bonds. The van der Waals surface area contributed by atoms with Crippen molar-refractivity contribution < 1.29 is 8.42 Å². The molecule has 7 nitrogen and oxygen atoms in total. The first kappa shape index (κ1) is 13.9. The molecule has 0 unspecified atom stereocenters. The van der Waals surface area contributed by atoms with Crippen LogP contribution in [0.5, 0.6) is 0 Å². The second kappa shape index (κ2) is 5.02. The van der Waals surface area contributed by atoms with Crippen molar-refractivity contribution in [1.82, 2.24) is 14.8 Å². The Kier molecular flexibility index (Phi) is 3.31. The second-order valence-corrected chi connectivity index (χ2v) is 6.74. The molecule has 1 aromatic heterocycles. The first-order valence-electron chi connectivity index (χ1n) is 6.14. The summed E-state index contributed by atoms with van der Waals surface area (Å²) in [7, 11) is -3.78. The molecule has 0 bridgehead atoms. The summed E-state index contributed by atoms with van der Waals surface area (Å²) < 4.78 is 28.2. The van der Waals surface area contributed by atoms with Crippen molar-refractivity contribution in [3.05, 3.63) is 35.1 Å². The maximum Gasteiger partial charge on any atom is 0.266 e. The summed E-state index contributed by atoms with van der Waals surface area (Å²) in [4.78, 5) is 4.03. The quantitative estimate of drug-likeness (QED) is 0.833. The lowest BCUT2D eigenvalue weighted by Gasteiger charge is -2.27. The fourth-order valence-corrected chi connectivity index (χ4v) is 3.95. The van der Waals surface area contributed by atoms with Gasteiger partial charge in [-0.15, -0.1) is 0 Å². The molecular weight excluding hydrogens is 314 g/mol. The molecule has 2 aromatic rings. The molecule has 0 fully saturated rings. The Hall–Kier alpha value is -2.11. The first-order chi connectivity index (χ1) is 10.0. The Bertz CT molecular complexity index is 840. The molecule has 9 heteroatoms. The van der Waals surface area contributed by atoms with Crippen LogP contribution in [-0.4, -0.2) is 29.7 Å². The van der Waals surface area contributed by atoms with E-state index in [1.165, 1.54) is 28.8 Å². The highest BCUT2D eigenvalue weighted by Gasteiger charge is 2.31. The van der Waals surface area contributed by atoms with E-state index in [0.29, 0.717) is 25.5 Å².